The van der Waals surface area contributed by atoms with E-state index in [1.54, 1.807) is 7.11 Å². The summed E-state index contributed by atoms with van der Waals surface area (Å²) in [5.41, 5.74) is 2.46. The largest absolute Gasteiger partial charge is 0.496 e. The molecule has 1 aromatic carbocycles. The van der Waals surface area contributed by atoms with Gasteiger partial charge in [0.15, 0.2) is 5.96 Å². The van der Waals surface area contributed by atoms with Gasteiger partial charge in [-0.3, -0.25) is 4.99 Å². The summed E-state index contributed by atoms with van der Waals surface area (Å²) in [5.74, 6) is 2.27. The Morgan fingerprint density at radius 3 is 2.52 bits per heavy atom. The summed E-state index contributed by atoms with van der Waals surface area (Å²) in [6.45, 7) is 12.5. The van der Waals surface area contributed by atoms with Gasteiger partial charge in [0.1, 0.15) is 5.75 Å². The molecular formula is C24H42IN3O3. The highest BCUT2D eigenvalue weighted by Crippen LogP contribution is 2.40. The van der Waals surface area contributed by atoms with Gasteiger partial charge in [0.2, 0.25) is 0 Å². The van der Waals surface area contributed by atoms with Crippen molar-refractivity contribution >= 4 is 29.9 Å². The van der Waals surface area contributed by atoms with Crippen LogP contribution in [-0.4, -0.2) is 59.1 Å². The number of ether oxygens (including phenoxy) is 3. The standard InChI is InChI=1S/C24H41N3O3.HI/c1-7-30-21(18(2)3)10-13-26-23(25-5)27-17-24(11-14-29-15-12-24)20-16-19(4)8-9-22(20)28-6;/h8-9,16,18,21H,7,10-15,17H2,1-6H3,(H2,25,26,27);1H. The van der Waals surface area contributed by atoms with Gasteiger partial charge in [-0.2, -0.15) is 0 Å². The van der Waals surface area contributed by atoms with Gasteiger partial charge < -0.3 is 24.8 Å². The Bertz CT molecular complexity index is 676. The number of halogens is 1. The lowest BCUT2D eigenvalue weighted by molar-refractivity contribution is 0.0258. The van der Waals surface area contributed by atoms with E-state index in [1.165, 1.54) is 11.1 Å². The zero-order valence-electron chi connectivity index (χ0n) is 20.1. The zero-order chi connectivity index (χ0) is 22.0. The first-order valence-corrected chi connectivity index (χ1v) is 11.2. The summed E-state index contributed by atoms with van der Waals surface area (Å²) in [6.07, 6.45) is 3.13. The van der Waals surface area contributed by atoms with E-state index in [4.69, 9.17) is 14.2 Å². The van der Waals surface area contributed by atoms with Crippen molar-refractivity contribution in [2.45, 2.75) is 58.5 Å². The Morgan fingerprint density at radius 1 is 1.23 bits per heavy atom. The lowest BCUT2D eigenvalue weighted by Crippen LogP contribution is -2.48. The van der Waals surface area contributed by atoms with E-state index in [9.17, 15) is 0 Å². The molecule has 0 aromatic heterocycles. The Hall–Kier alpha value is -1.06. The van der Waals surface area contributed by atoms with E-state index in [-0.39, 0.29) is 35.5 Å². The van der Waals surface area contributed by atoms with E-state index < -0.39 is 0 Å². The smallest absolute Gasteiger partial charge is 0.191 e. The van der Waals surface area contributed by atoms with Gasteiger partial charge in [0.05, 0.1) is 13.2 Å². The molecule has 0 bridgehead atoms. The molecule has 1 fully saturated rings. The lowest BCUT2D eigenvalue weighted by Gasteiger charge is -2.39. The Labute approximate surface area is 205 Å². The van der Waals surface area contributed by atoms with E-state index in [1.807, 2.05) is 7.05 Å². The number of hydrogen-bond acceptors (Lipinski definition) is 4. The quantitative estimate of drug-likeness (QED) is 0.260. The topological polar surface area (TPSA) is 64.1 Å². The van der Waals surface area contributed by atoms with Gasteiger partial charge in [-0.1, -0.05) is 31.5 Å². The number of rotatable bonds is 10. The maximum atomic E-state index is 5.86. The minimum atomic E-state index is -0.0426. The van der Waals surface area contributed by atoms with Gasteiger partial charge >= 0.3 is 0 Å². The van der Waals surface area contributed by atoms with Crippen molar-refractivity contribution in [3.8, 4) is 5.75 Å². The van der Waals surface area contributed by atoms with E-state index in [0.717, 1.165) is 63.9 Å². The number of hydrogen-bond donors (Lipinski definition) is 2. The molecule has 6 nitrogen and oxygen atoms in total. The van der Waals surface area contributed by atoms with Crippen molar-refractivity contribution in [2.24, 2.45) is 10.9 Å². The van der Waals surface area contributed by atoms with Crippen molar-refractivity contribution in [1.29, 1.82) is 0 Å². The maximum absolute atomic E-state index is 5.86. The molecule has 0 aliphatic carbocycles. The fourth-order valence-corrected chi connectivity index (χ4v) is 4.17. The highest BCUT2D eigenvalue weighted by molar-refractivity contribution is 14.0. The normalized spacial score (nSPS) is 17.1. The van der Waals surface area contributed by atoms with Crippen LogP contribution in [0.25, 0.3) is 0 Å². The first-order valence-electron chi connectivity index (χ1n) is 11.2. The molecule has 0 saturated carbocycles. The molecule has 1 heterocycles. The van der Waals surface area contributed by atoms with Gasteiger partial charge in [-0.25, -0.2) is 0 Å². The SMILES string of the molecule is CCOC(CCNC(=NC)NCC1(c2cc(C)ccc2OC)CCOCC1)C(C)C.I. The summed E-state index contributed by atoms with van der Waals surface area (Å²) in [4.78, 5) is 4.44. The van der Waals surface area contributed by atoms with Gasteiger partial charge in [-0.05, 0) is 45.1 Å². The van der Waals surface area contributed by atoms with Crippen molar-refractivity contribution < 1.29 is 14.2 Å². The number of nitrogens with one attached hydrogen (secondary N) is 2. The molecule has 1 aliphatic rings. The number of nitrogens with zero attached hydrogens (tertiary/aromatic N) is 1. The third-order valence-electron chi connectivity index (χ3n) is 6.04. The number of aliphatic imine (C=N–C) groups is 1. The predicted octanol–water partition coefficient (Wildman–Crippen LogP) is 4.29. The average molecular weight is 548 g/mol. The fraction of sp³-hybridized carbons (Fsp3) is 0.708. The van der Waals surface area contributed by atoms with Crippen LogP contribution in [0.5, 0.6) is 5.75 Å². The molecule has 1 unspecified atom stereocenters. The molecule has 2 rings (SSSR count). The van der Waals surface area contributed by atoms with Gasteiger partial charge in [-0.15, -0.1) is 24.0 Å². The second-order valence-electron chi connectivity index (χ2n) is 8.48. The highest BCUT2D eigenvalue weighted by Gasteiger charge is 2.37. The van der Waals surface area contributed by atoms with Crippen LogP contribution in [0.15, 0.2) is 23.2 Å². The first-order chi connectivity index (χ1) is 14.5. The Balaban J connectivity index is 0.00000480. The molecule has 1 saturated heterocycles. The number of aryl methyl sites for hydroxylation is 1. The highest BCUT2D eigenvalue weighted by atomic mass is 127. The molecule has 0 radical (unpaired) electrons. The molecule has 1 aromatic rings. The second kappa shape index (κ2) is 14.2. The summed E-state index contributed by atoms with van der Waals surface area (Å²) in [5, 5.41) is 7.03. The maximum Gasteiger partial charge on any atom is 0.191 e. The summed E-state index contributed by atoms with van der Waals surface area (Å²) < 4.78 is 17.3. The molecule has 178 valence electrons. The van der Waals surface area contributed by atoms with E-state index in [0.29, 0.717) is 5.92 Å². The molecule has 2 N–H and O–H groups in total. The molecule has 0 amide bonds. The fourth-order valence-electron chi connectivity index (χ4n) is 4.17. The minimum Gasteiger partial charge on any atom is -0.496 e. The monoisotopic (exact) mass is 547 g/mol. The van der Waals surface area contributed by atoms with Gasteiger partial charge in [0, 0.05) is 50.9 Å². The van der Waals surface area contributed by atoms with Crippen molar-refractivity contribution in [1.82, 2.24) is 10.6 Å². The summed E-state index contributed by atoms with van der Waals surface area (Å²) in [6, 6.07) is 6.44. The number of methoxy groups -OCH3 is 1. The minimum absolute atomic E-state index is 0. The molecule has 1 atom stereocenters. The molecule has 31 heavy (non-hydrogen) atoms. The van der Waals surface area contributed by atoms with Crippen LogP contribution in [0.4, 0.5) is 0 Å². The van der Waals surface area contributed by atoms with Crippen molar-refractivity contribution in [3.05, 3.63) is 29.3 Å². The molecule has 1 aliphatic heterocycles. The van der Waals surface area contributed by atoms with E-state index >= 15 is 0 Å². The Kier molecular flexibility index (Phi) is 12.8. The van der Waals surface area contributed by atoms with Crippen LogP contribution in [-0.2, 0) is 14.9 Å². The van der Waals surface area contributed by atoms with Crippen LogP contribution < -0.4 is 15.4 Å². The predicted molar refractivity (Wildman–Crippen MR) is 139 cm³/mol. The van der Waals surface area contributed by atoms with Crippen LogP contribution in [0, 0.1) is 12.8 Å². The number of benzene rings is 1. The third kappa shape index (κ3) is 8.09. The third-order valence-corrected chi connectivity index (χ3v) is 6.04. The lowest BCUT2D eigenvalue weighted by atomic mass is 9.73. The van der Waals surface area contributed by atoms with Crippen LogP contribution >= 0.6 is 24.0 Å². The summed E-state index contributed by atoms with van der Waals surface area (Å²) in [7, 11) is 3.57. The van der Waals surface area contributed by atoms with Crippen LogP contribution in [0.2, 0.25) is 0 Å². The number of guanidine groups is 1. The second-order valence-corrected chi connectivity index (χ2v) is 8.48. The Morgan fingerprint density at radius 2 is 1.94 bits per heavy atom. The summed E-state index contributed by atoms with van der Waals surface area (Å²) >= 11 is 0. The molecule has 7 heteroatoms. The first kappa shape index (κ1) is 28.0. The van der Waals surface area contributed by atoms with Crippen molar-refractivity contribution in [3.63, 3.8) is 0 Å². The average Bonchev–Trinajstić information content (AvgIpc) is 2.75. The molecular weight excluding hydrogens is 505 g/mol. The van der Waals surface area contributed by atoms with Crippen LogP contribution in [0.3, 0.4) is 0 Å². The molecule has 0 spiro atoms. The van der Waals surface area contributed by atoms with Gasteiger partial charge in [0.25, 0.3) is 0 Å². The van der Waals surface area contributed by atoms with Crippen molar-refractivity contribution in [2.75, 3.05) is 47.1 Å². The zero-order valence-corrected chi connectivity index (χ0v) is 22.5. The van der Waals surface area contributed by atoms with Crippen LogP contribution in [0.1, 0.15) is 51.2 Å². The van der Waals surface area contributed by atoms with E-state index in [2.05, 4.69) is 61.5 Å².